The van der Waals surface area contributed by atoms with Gasteiger partial charge in [-0.25, -0.2) is 0 Å². The van der Waals surface area contributed by atoms with Gasteiger partial charge < -0.3 is 20.1 Å². The molecule has 0 aromatic heterocycles. The zero-order valence-electron chi connectivity index (χ0n) is 14.1. The molecular formula is C17H24N2O5. The lowest BCUT2D eigenvalue weighted by molar-refractivity contribution is -0.143. The number of carbonyl (C=O) groups is 3. The van der Waals surface area contributed by atoms with E-state index >= 15 is 0 Å². The van der Waals surface area contributed by atoms with Gasteiger partial charge in [0, 0.05) is 37.9 Å². The van der Waals surface area contributed by atoms with Gasteiger partial charge in [0.2, 0.25) is 5.91 Å². The third kappa shape index (κ3) is 6.78. The van der Waals surface area contributed by atoms with Crippen LogP contribution in [0.15, 0.2) is 24.3 Å². The van der Waals surface area contributed by atoms with Gasteiger partial charge in [0.25, 0.3) is 5.91 Å². The minimum absolute atomic E-state index is 0.0465. The van der Waals surface area contributed by atoms with Gasteiger partial charge in [-0.15, -0.1) is 0 Å². The molecule has 0 bridgehead atoms. The Morgan fingerprint density at radius 3 is 2.62 bits per heavy atom. The molecule has 7 heteroatoms. The highest BCUT2D eigenvalue weighted by molar-refractivity contribution is 5.97. The molecule has 1 aromatic carbocycles. The van der Waals surface area contributed by atoms with Gasteiger partial charge in [-0.2, -0.15) is 0 Å². The van der Waals surface area contributed by atoms with E-state index in [1.54, 1.807) is 31.2 Å². The van der Waals surface area contributed by atoms with Crippen molar-refractivity contribution in [2.45, 2.75) is 26.7 Å². The van der Waals surface area contributed by atoms with Crippen LogP contribution in [0.3, 0.4) is 0 Å². The van der Waals surface area contributed by atoms with Crippen molar-refractivity contribution < 1.29 is 24.2 Å². The first-order valence-corrected chi connectivity index (χ1v) is 7.91. The lowest BCUT2D eigenvalue weighted by Gasteiger charge is -2.22. The summed E-state index contributed by atoms with van der Waals surface area (Å²) in [6.45, 7) is 3.90. The molecule has 2 N–H and O–H groups in total. The van der Waals surface area contributed by atoms with Crippen LogP contribution in [0.25, 0.3) is 0 Å². The molecule has 24 heavy (non-hydrogen) atoms. The van der Waals surface area contributed by atoms with Crippen molar-refractivity contribution in [1.82, 2.24) is 4.90 Å². The first kappa shape index (κ1) is 19.6. The van der Waals surface area contributed by atoms with Gasteiger partial charge in [0.15, 0.2) is 0 Å². The first-order valence-electron chi connectivity index (χ1n) is 7.91. The summed E-state index contributed by atoms with van der Waals surface area (Å²) in [7, 11) is 0. The van der Waals surface area contributed by atoms with Crippen molar-refractivity contribution in [2.75, 3.05) is 31.6 Å². The van der Waals surface area contributed by atoms with Crippen molar-refractivity contribution >= 4 is 23.5 Å². The largest absolute Gasteiger partial charge is 0.466 e. The van der Waals surface area contributed by atoms with Crippen LogP contribution in [0.2, 0.25) is 0 Å². The van der Waals surface area contributed by atoms with Crippen molar-refractivity contribution in [3.05, 3.63) is 29.8 Å². The third-order valence-electron chi connectivity index (χ3n) is 3.19. The maximum absolute atomic E-state index is 12.6. The second-order valence-corrected chi connectivity index (χ2v) is 5.19. The number of amides is 2. The Bertz CT molecular complexity index is 574. The van der Waals surface area contributed by atoms with E-state index in [0.29, 0.717) is 30.8 Å². The monoisotopic (exact) mass is 336 g/mol. The quantitative estimate of drug-likeness (QED) is 0.665. The van der Waals surface area contributed by atoms with Gasteiger partial charge >= 0.3 is 5.97 Å². The van der Waals surface area contributed by atoms with Crippen LogP contribution in [0.5, 0.6) is 0 Å². The van der Waals surface area contributed by atoms with E-state index < -0.39 is 0 Å². The highest BCUT2D eigenvalue weighted by atomic mass is 16.5. The number of aliphatic hydroxyl groups excluding tert-OH is 1. The highest BCUT2D eigenvalue weighted by Crippen LogP contribution is 2.13. The fourth-order valence-electron chi connectivity index (χ4n) is 2.15. The minimum Gasteiger partial charge on any atom is -0.466 e. The Balaban J connectivity index is 2.82. The molecular weight excluding hydrogens is 312 g/mol. The molecule has 0 aliphatic rings. The van der Waals surface area contributed by atoms with Crippen LogP contribution in [0, 0.1) is 0 Å². The van der Waals surface area contributed by atoms with Crippen LogP contribution < -0.4 is 5.32 Å². The lowest BCUT2D eigenvalue weighted by atomic mass is 10.1. The average Bonchev–Trinajstić information content (AvgIpc) is 2.54. The van der Waals surface area contributed by atoms with Gasteiger partial charge in [-0.05, 0) is 31.5 Å². The Labute approximate surface area is 141 Å². The molecule has 0 saturated carbocycles. The molecule has 0 unspecified atom stereocenters. The number of anilines is 1. The summed E-state index contributed by atoms with van der Waals surface area (Å²) in [5.41, 5.74) is 0.934. The number of hydrogen-bond acceptors (Lipinski definition) is 5. The zero-order chi connectivity index (χ0) is 17.9. The Morgan fingerprint density at radius 2 is 2.00 bits per heavy atom. The topological polar surface area (TPSA) is 95.9 Å². The van der Waals surface area contributed by atoms with Gasteiger partial charge in [-0.3, -0.25) is 14.4 Å². The van der Waals surface area contributed by atoms with E-state index in [2.05, 4.69) is 5.32 Å². The summed E-state index contributed by atoms with van der Waals surface area (Å²) in [6.07, 6.45) is 0.510. The Hall–Kier alpha value is -2.41. The van der Waals surface area contributed by atoms with Gasteiger partial charge in [-0.1, -0.05) is 6.07 Å². The van der Waals surface area contributed by atoms with Crippen molar-refractivity contribution in [3.63, 3.8) is 0 Å². The first-order chi connectivity index (χ1) is 11.5. The molecule has 1 aromatic rings. The second kappa shape index (κ2) is 10.4. The number of ether oxygens (including phenoxy) is 1. The summed E-state index contributed by atoms with van der Waals surface area (Å²) in [5.74, 6) is -0.856. The number of rotatable bonds is 9. The normalized spacial score (nSPS) is 10.1. The number of hydrogen-bond donors (Lipinski definition) is 2. The van der Waals surface area contributed by atoms with Crippen LogP contribution in [0.4, 0.5) is 5.69 Å². The number of benzene rings is 1. The minimum atomic E-state index is -0.369. The van der Waals surface area contributed by atoms with E-state index in [0.717, 1.165) is 0 Å². The van der Waals surface area contributed by atoms with Crippen molar-refractivity contribution in [3.8, 4) is 0 Å². The molecule has 0 fully saturated rings. The maximum Gasteiger partial charge on any atom is 0.307 e. The molecule has 0 aliphatic carbocycles. The number of nitrogens with zero attached hydrogens (tertiary/aromatic N) is 1. The van der Waals surface area contributed by atoms with Crippen LogP contribution in [-0.2, 0) is 14.3 Å². The SMILES string of the molecule is CCOC(=O)CCN(CCCO)C(=O)c1cccc(NC(C)=O)c1. The molecule has 0 atom stereocenters. The molecule has 0 spiro atoms. The Kier molecular flexibility index (Phi) is 8.49. The van der Waals surface area contributed by atoms with Crippen molar-refractivity contribution in [1.29, 1.82) is 0 Å². The number of carbonyl (C=O) groups excluding carboxylic acids is 3. The standard InChI is InChI=1S/C17H24N2O5/c1-3-24-16(22)8-10-19(9-5-11-20)17(23)14-6-4-7-15(12-14)18-13(2)21/h4,6-7,12,20H,3,5,8-11H2,1-2H3,(H,18,21). The third-order valence-corrected chi connectivity index (χ3v) is 3.19. The summed E-state index contributed by atoms with van der Waals surface area (Å²) in [6, 6.07) is 6.59. The Morgan fingerprint density at radius 1 is 1.25 bits per heavy atom. The molecule has 2 amide bonds. The lowest BCUT2D eigenvalue weighted by Crippen LogP contribution is -2.34. The molecule has 7 nitrogen and oxygen atoms in total. The van der Waals surface area contributed by atoms with Crippen molar-refractivity contribution in [2.24, 2.45) is 0 Å². The number of nitrogens with one attached hydrogen (secondary N) is 1. The highest BCUT2D eigenvalue weighted by Gasteiger charge is 2.17. The number of esters is 1. The predicted octanol–water partition coefficient (Wildman–Crippen LogP) is 1.42. The summed E-state index contributed by atoms with van der Waals surface area (Å²) in [5, 5.41) is 11.6. The van der Waals surface area contributed by atoms with E-state index in [1.807, 2.05) is 0 Å². The molecule has 0 saturated heterocycles. The van der Waals surface area contributed by atoms with E-state index in [4.69, 9.17) is 9.84 Å². The van der Waals surface area contributed by atoms with Crippen LogP contribution >= 0.6 is 0 Å². The molecule has 132 valence electrons. The fraction of sp³-hybridized carbons (Fsp3) is 0.471. The second-order valence-electron chi connectivity index (χ2n) is 5.19. The predicted molar refractivity (Wildman–Crippen MR) is 89.6 cm³/mol. The average molecular weight is 336 g/mol. The van der Waals surface area contributed by atoms with E-state index in [9.17, 15) is 14.4 Å². The molecule has 0 aliphatic heterocycles. The maximum atomic E-state index is 12.6. The van der Waals surface area contributed by atoms with Gasteiger partial charge in [0.05, 0.1) is 13.0 Å². The summed E-state index contributed by atoms with van der Waals surface area (Å²) in [4.78, 5) is 36.8. The number of aliphatic hydroxyl groups is 1. The smallest absolute Gasteiger partial charge is 0.307 e. The zero-order valence-corrected chi connectivity index (χ0v) is 14.1. The van der Waals surface area contributed by atoms with Crippen LogP contribution in [-0.4, -0.2) is 54.1 Å². The van der Waals surface area contributed by atoms with Crippen LogP contribution in [0.1, 0.15) is 37.0 Å². The fourth-order valence-corrected chi connectivity index (χ4v) is 2.15. The summed E-state index contributed by atoms with van der Waals surface area (Å²) >= 11 is 0. The summed E-state index contributed by atoms with van der Waals surface area (Å²) < 4.78 is 4.87. The molecule has 0 radical (unpaired) electrons. The van der Waals surface area contributed by atoms with Gasteiger partial charge in [0.1, 0.15) is 0 Å². The van der Waals surface area contributed by atoms with E-state index in [1.165, 1.54) is 11.8 Å². The van der Waals surface area contributed by atoms with E-state index in [-0.39, 0.29) is 37.4 Å². The molecule has 0 heterocycles. The molecule has 1 rings (SSSR count).